The SMILES string of the molecule is Cc1ccc2c(C#N)c(C#N)c3ccc(C=Cc4ccccc4)cc3c2c1. The van der Waals surface area contributed by atoms with Crippen molar-refractivity contribution in [3.8, 4) is 12.1 Å². The van der Waals surface area contributed by atoms with Crippen molar-refractivity contribution in [3.05, 3.63) is 94.5 Å². The maximum atomic E-state index is 9.67. The van der Waals surface area contributed by atoms with Crippen LogP contribution in [0.5, 0.6) is 0 Å². The van der Waals surface area contributed by atoms with Crippen LogP contribution in [0.4, 0.5) is 0 Å². The van der Waals surface area contributed by atoms with Crippen LogP contribution in [0, 0.1) is 29.6 Å². The highest BCUT2D eigenvalue weighted by atomic mass is 14.3. The van der Waals surface area contributed by atoms with Gasteiger partial charge in [0.1, 0.15) is 12.1 Å². The van der Waals surface area contributed by atoms with Gasteiger partial charge in [0, 0.05) is 10.8 Å². The molecule has 4 rings (SSSR count). The zero-order valence-corrected chi connectivity index (χ0v) is 14.9. The number of rotatable bonds is 2. The summed E-state index contributed by atoms with van der Waals surface area (Å²) in [5.41, 5.74) is 4.22. The van der Waals surface area contributed by atoms with Gasteiger partial charge in [0.05, 0.1) is 11.1 Å². The maximum Gasteiger partial charge on any atom is 0.101 e. The van der Waals surface area contributed by atoms with E-state index in [0.29, 0.717) is 11.1 Å². The Morgan fingerprint density at radius 3 is 1.89 bits per heavy atom. The molecule has 0 saturated carbocycles. The van der Waals surface area contributed by atoms with Crippen LogP contribution in [0.25, 0.3) is 33.7 Å². The Labute approximate surface area is 158 Å². The molecule has 0 unspecified atom stereocenters. The lowest BCUT2D eigenvalue weighted by Gasteiger charge is -2.10. The molecule has 0 atom stereocenters. The molecule has 126 valence electrons. The lowest BCUT2D eigenvalue weighted by Crippen LogP contribution is -1.92. The van der Waals surface area contributed by atoms with E-state index in [0.717, 1.165) is 38.2 Å². The summed E-state index contributed by atoms with van der Waals surface area (Å²) in [4.78, 5) is 0. The number of fused-ring (bicyclic) bond motifs is 3. The monoisotopic (exact) mass is 344 g/mol. The quantitative estimate of drug-likeness (QED) is 0.320. The van der Waals surface area contributed by atoms with E-state index in [1.807, 2.05) is 49.4 Å². The van der Waals surface area contributed by atoms with Crippen molar-refractivity contribution in [1.82, 2.24) is 0 Å². The van der Waals surface area contributed by atoms with Gasteiger partial charge in [0.25, 0.3) is 0 Å². The molecule has 0 N–H and O–H groups in total. The predicted molar refractivity (Wildman–Crippen MR) is 111 cm³/mol. The van der Waals surface area contributed by atoms with Crippen LogP contribution in [0.15, 0.2) is 66.7 Å². The third kappa shape index (κ3) is 2.95. The molecule has 27 heavy (non-hydrogen) atoms. The summed E-state index contributed by atoms with van der Waals surface area (Å²) in [5, 5.41) is 23.0. The smallest absolute Gasteiger partial charge is 0.101 e. The minimum Gasteiger partial charge on any atom is -0.192 e. The molecule has 0 saturated heterocycles. The molecule has 4 aromatic rings. The normalized spacial score (nSPS) is 10.9. The first-order valence-corrected chi connectivity index (χ1v) is 8.74. The van der Waals surface area contributed by atoms with Crippen LogP contribution in [0.2, 0.25) is 0 Å². The van der Waals surface area contributed by atoms with Crippen molar-refractivity contribution in [2.45, 2.75) is 6.92 Å². The fourth-order valence-electron chi connectivity index (χ4n) is 3.46. The topological polar surface area (TPSA) is 47.6 Å². The van der Waals surface area contributed by atoms with Gasteiger partial charge in [-0.3, -0.25) is 0 Å². The summed E-state index contributed by atoms with van der Waals surface area (Å²) in [6.07, 6.45) is 4.14. The zero-order valence-electron chi connectivity index (χ0n) is 14.9. The molecule has 0 heterocycles. The molecule has 0 aromatic heterocycles. The van der Waals surface area contributed by atoms with Gasteiger partial charge in [0.2, 0.25) is 0 Å². The summed E-state index contributed by atoms with van der Waals surface area (Å²) in [5.74, 6) is 0. The van der Waals surface area contributed by atoms with E-state index in [4.69, 9.17) is 0 Å². The molecule has 0 spiro atoms. The molecular weight excluding hydrogens is 328 g/mol. The molecule has 0 radical (unpaired) electrons. The van der Waals surface area contributed by atoms with E-state index in [9.17, 15) is 10.5 Å². The number of aryl methyl sites for hydroxylation is 1. The summed E-state index contributed by atoms with van der Waals surface area (Å²) < 4.78 is 0. The van der Waals surface area contributed by atoms with E-state index in [2.05, 4.69) is 48.6 Å². The molecule has 0 fully saturated rings. The van der Waals surface area contributed by atoms with Crippen molar-refractivity contribution in [2.24, 2.45) is 0 Å². The minimum atomic E-state index is 0.447. The van der Waals surface area contributed by atoms with Crippen molar-refractivity contribution in [3.63, 3.8) is 0 Å². The Morgan fingerprint density at radius 2 is 1.22 bits per heavy atom. The highest BCUT2D eigenvalue weighted by molar-refractivity contribution is 6.13. The molecule has 0 aliphatic rings. The van der Waals surface area contributed by atoms with Crippen molar-refractivity contribution in [1.29, 1.82) is 10.5 Å². The first kappa shape index (κ1) is 16.6. The van der Waals surface area contributed by atoms with E-state index >= 15 is 0 Å². The Balaban J connectivity index is 1.99. The first-order valence-electron chi connectivity index (χ1n) is 8.74. The number of nitriles is 2. The molecule has 0 bridgehead atoms. The molecule has 0 aliphatic carbocycles. The number of benzene rings is 4. The maximum absolute atomic E-state index is 9.67. The standard InChI is InChI=1S/C25H16N2/c1-17-7-11-20-22(13-17)23-14-19(9-8-18-5-3-2-4-6-18)10-12-21(23)25(16-27)24(20)15-26/h2-14H,1H3. The fourth-order valence-corrected chi connectivity index (χ4v) is 3.46. The lowest BCUT2D eigenvalue weighted by atomic mass is 9.91. The average Bonchev–Trinajstić information content (AvgIpc) is 2.72. The van der Waals surface area contributed by atoms with E-state index < -0.39 is 0 Å². The third-order valence-corrected chi connectivity index (χ3v) is 4.79. The Morgan fingerprint density at radius 1 is 0.630 bits per heavy atom. The van der Waals surface area contributed by atoms with Gasteiger partial charge in [-0.1, -0.05) is 78.4 Å². The highest BCUT2D eigenvalue weighted by Crippen LogP contribution is 2.33. The summed E-state index contributed by atoms with van der Waals surface area (Å²) in [7, 11) is 0. The van der Waals surface area contributed by atoms with Gasteiger partial charge in [0.15, 0.2) is 0 Å². The molecule has 2 heteroatoms. The van der Waals surface area contributed by atoms with E-state index in [1.165, 1.54) is 0 Å². The van der Waals surface area contributed by atoms with Gasteiger partial charge in [-0.2, -0.15) is 10.5 Å². The number of hydrogen-bond donors (Lipinski definition) is 0. The second-order valence-electron chi connectivity index (χ2n) is 6.57. The van der Waals surface area contributed by atoms with Crippen molar-refractivity contribution < 1.29 is 0 Å². The summed E-state index contributed by atoms with van der Waals surface area (Å²) in [6, 6.07) is 26.6. The van der Waals surface area contributed by atoms with Gasteiger partial charge < -0.3 is 0 Å². The molecule has 0 amide bonds. The summed E-state index contributed by atoms with van der Waals surface area (Å²) in [6.45, 7) is 2.04. The minimum absolute atomic E-state index is 0.447. The van der Waals surface area contributed by atoms with Crippen LogP contribution in [0.3, 0.4) is 0 Å². The highest BCUT2D eigenvalue weighted by Gasteiger charge is 2.14. The van der Waals surface area contributed by atoms with Crippen LogP contribution in [0.1, 0.15) is 27.8 Å². The number of hydrogen-bond acceptors (Lipinski definition) is 2. The Hall–Kier alpha value is -3.88. The van der Waals surface area contributed by atoms with Gasteiger partial charge in [-0.05, 0) is 34.9 Å². The van der Waals surface area contributed by atoms with Gasteiger partial charge in [-0.25, -0.2) is 0 Å². The molecule has 4 aromatic carbocycles. The van der Waals surface area contributed by atoms with Crippen LogP contribution in [-0.2, 0) is 0 Å². The van der Waals surface area contributed by atoms with Crippen molar-refractivity contribution >= 4 is 33.7 Å². The molecular formula is C25H16N2. The fraction of sp³-hybridized carbons (Fsp3) is 0.0400. The Kier molecular flexibility index (Phi) is 4.17. The van der Waals surface area contributed by atoms with Crippen LogP contribution >= 0.6 is 0 Å². The predicted octanol–water partition coefficient (Wildman–Crippen LogP) is 6.22. The first-order chi connectivity index (χ1) is 13.2. The van der Waals surface area contributed by atoms with Gasteiger partial charge >= 0.3 is 0 Å². The second-order valence-corrected chi connectivity index (χ2v) is 6.57. The Bertz CT molecular complexity index is 1280. The van der Waals surface area contributed by atoms with E-state index in [1.54, 1.807) is 0 Å². The average molecular weight is 344 g/mol. The molecule has 2 nitrogen and oxygen atoms in total. The van der Waals surface area contributed by atoms with Crippen molar-refractivity contribution in [2.75, 3.05) is 0 Å². The largest absolute Gasteiger partial charge is 0.192 e. The van der Waals surface area contributed by atoms with Crippen LogP contribution < -0.4 is 0 Å². The van der Waals surface area contributed by atoms with Gasteiger partial charge in [-0.15, -0.1) is 0 Å². The summed E-state index contributed by atoms with van der Waals surface area (Å²) >= 11 is 0. The zero-order chi connectivity index (χ0) is 18.8. The van der Waals surface area contributed by atoms with E-state index in [-0.39, 0.29) is 0 Å². The number of nitrogens with zero attached hydrogens (tertiary/aromatic N) is 2. The third-order valence-electron chi connectivity index (χ3n) is 4.79. The molecule has 0 aliphatic heterocycles. The van der Waals surface area contributed by atoms with Crippen LogP contribution in [-0.4, -0.2) is 0 Å². The lowest BCUT2D eigenvalue weighted by molar-refractivity contribution is 1.46. The second kappa shape index (κ2) is 6.79.